The molecule has 152 valence electrons. The van der Waals surface area contributed by atoms with Crippen LogP contribution in [-0.2, 0) is 0 Å². The highest BCUT2D eigenvalue weighted by molar-refractivity contribution is 5.97. The molecule has 1 aromatic carbocycles. The monoisotopic (exact) mass is 387 g/mol. The highest BCUT2D eigenvalue weighted by atomic mass is 16.3. The lowest BCUT2D eigenvalue weighted by molar-refractivity contribution is 0.0788. The largest absolute Gasteiger partial charge is 0.393 e. The number of hydrogen-bond donors (Lipinski definition) is 4. The van der Waals surface area contributed by atoms with E-state index >= 15 is 0 Å². The van der Waals surface area contributed by atoms with Crippen LogP contribution in [0.2, 0.25) is 0 Å². The van der Waals surface area contributed by atoms with Crippen molar-refractivity contribution in [1.82, 2.24) is 25.3 Å². The molecule has 0 radical (unpaired) electrons. The third-order valence-electron chi connectivity index (χ3n) is 6.12. The zero-order valence-electron chi connectivity index (χ0n) is 16.3. The summed E-state index contributed by atoms with van der Waals surface area (Å²) in [7, 11) is 1.82. The van der Waals surface area contributed by atoms with Crippen LogP contribution in [0.25, 0.3) is 11.0 Å². The lowest BCUT2D eigenvalue weighted by atomic mass is 9.93. The second-order valence-corrected chi connectivity index (χ2v) is 8.14. The minimum absolute atomic E-state index is 0.0322. The Morgan fingerprint density at radius 1 is 1.21 bits per heavy atom. The van der Waals surface area contributed by atoms with E-state index in [1.807, 2.05) is 13.1 Å². The van der Waals surface area contributed by atoms with Gasteiger partial charge in [0.1, 0.15) is 0 Å². The number of fused-ring (bicyclic) bond motifs is 1. The van der Waals surface area contributed by atoms with Crippen LogP contribution in [0.1, 0.15) is 48.5 Å². The molecule has 2 aromatic rings. The van der Waals surface area contributed by atoms with E-state index in [0.717, 1.165) is 50.7 Å². The summed E-state index contributed by atoms with van der Waals surface area (Å²) in [5.41, 5.74) is 8.19. The Hall–Kier alpha value is -2.16. The first kappa shape index (κ1) is 19.2. The van der Waals surface area contributed by atoms with Gasteiger partial charge in [0.15, 0.2) is 0 Å². The van der Waals surface area contributed by atoms with Crippen molar-refractivity contribution < 1.29 is 9.90 Å². The number of rotatable bonds is 5. The predicted octanol–water partition coefficient (Wildman–Crippen LogP) is 0.992. The molecule has 2 heterocycles. The van der Waals surface area contributed by atoms with Crippen molar-refractivity contribution in [2.45, 2.75) is 44.2 Å². The Balaban J connectivity index is 1.50. The molecule has 1 aromatic heterocycles. The van der Waals surface area contributed by atoms with Gasteiger partial charge in [-0.25, -0.2) is 4.79 Å². The molecular formula is C20H29N5O3. The van der Waals surface area contributed by atoms with Crippen molar-refractivity contribution in [1.29, 1.82) is 0 Å². The number of hydrogen-bond acceptors (Lipinski definition) is 5. The van der Waals surface area contributed by atoms with Crippen LogP contribution < -0.4 is 16.5 Å². The van der Waals surface area contributed by atoms with E-state index in [0.29, 0.717) is 23.5 Å². The van der Waals surface area contributed by atoms with Gasteiger partial charge < -0.3 is 15.0 Å². The molecular weight excluding hydrogens is 358 g/mol. The number of carbonyl (C=O) groups is 1. The SMILES string of the molecule is CN(CCC1CNNC1)C(=O)c1ccc2c(c1)[nH]c(=O)n2C1CCC(O)CC1. The number of aliphatic hydroxyl groups is 1. The molecule has 4 N–H and O–H groups in total. The van der Waals surface area contributed by atoms with Gasteiger partial charge in [-0.15, -0.1) is 0 Å². The van der Waals surface area contributed by atoms with Gasteiger partial charge in [0.05, 0.1) is 17.1 Å². The topological polar surface area (TPSA) is 102 Å². The normalized spacial score (nSPS) is 23.4. The lowest BCUT2D eigenvalue weighted by Crippen LogP contribution is -2.29. The van der Waals surface area contributed by atoms with Gasteiger partial charge in [-0.3, -0.25) is 20.2 Å². The minimum Gasteiger partial charge on any atom is -0.393 e. The number of aromatic amines is 1. The van der Waals surface area contributed by atoms with Crippen LogP contribution in [-0.4, -0.2) is 58.3 Å². The number of hydrazine groups is 1. The van der Waals surface area contributed by atoms with Gasteiger partial charge in [0.25, 0.3) is 5.91 Å². The molecule has 0 spiro atoms. The second kappa shape index (κ2) is 8.06. The van der Waals surface area contributed by atoms with Crippen molar-refractivity contribution in [2.24, 2.45) is 5.92 Å². The molecule has 0 atom stereocenters. The number of nitrogens with zero attached hydrogens (tertiary/aromatic N) is 2. The number of nitrogens with one attached hydrogen (secondary N) is 3. The third-order valence-corrected chi connectivity index (χ3v) is 6.12. The predicted molar refractivity (Wildman–Crippen MR) is 107 cm³/mol. The number of benzene rings is 1. The zero-order chi connectivity index (χ0) is 19.7. The van der Waals surface area contributed by atoms with Gasteiger partial charge in [0, 0.05) is 38.3 Å². The molecule has 0 bridgehead atoms. The van der Waals surface area contributed by atoms with E-state index in [2.05, 4.69) is 15.8 Å². The molecule has 2 aliphatic rings. The maximum Gasteiger partial charge on any atom is 0.326 e. The Labute approximate surface area is 163 Å². The number of carbonyl (C=O) groups excluding carboxylic acids is 1. The number of amides is 1. The number of aromatic nitrogens is 2. The van der Waals surface area contributed by atoms with Gasteiger partial charge in [-0.2, -0.15) is 0 Å². The summed E-state index contributed by atoms with van der Waals surface area (Å²) in [6.07, 6.45) is 3.72. The standard InChI is InChI=1S/C20H29N5O3/c1-24(9-8-13-11-21-22-12-13)19(27)14-2-7-18-17(10-14)23-20(28)25(18)15-3-5-16(26)6-4-15/h2,7,10,13,15-16,21-22,26H,3-6,8-9,11-12H2,1H3,(H,23,28). The quantitative estimate of drug-likeness (QED) is 0.613. The molecule has 2 fully saturated rings. The fourth-order valence-corrected chi connectivity index (χ4v) is 4.35. The Bertz CT molecular complexity index is 891. The average molecular weight is 387 g/mol. The van der Waals surface area contributed by atoms with Crippen molar-refractivity contribution in [3.8, 4) is 0 Å². The van der Waals surface area contributed by atoms with Crippen LogP contribution in [0.4, 0.5) is 0 Å². The summed E-state index contributed by atoms with van der Waals surface area (Å²) in [6, 6.07) is 5.55. The molecule has 8 heteroatoms. The van der Waals surface area contributed by atoms with Crippen molar-refractivity contribution in [3.63, 3.8) is 0 Å². The number of imidazole rings is 1. The summed E-state index contributed by atoms with van der Waals surface area (Å²) >= 11 is 0. The molecule has 1 amide bonds. The zero-order valence-corrected chi connectivity index (χ0v) is 16.3. The summed E-state index contributed by atoms with van der Waals surface area (Å²) in [5.74, 6) is 0.507. The molecule has 1 aliphatic heterocycles. The first-order valence-corrected chi connectivity index (χ1v) is 10.2. The summed E-state index contributed by atoms with van der Waals surface area (Å²) in [6.45, 7) is 2.56. The molecule has 1 saturated heterocycles. The molecule has 1 aliphatic carbocycles. The average Bonchev–Trinajstić information content (AvgIpc) is 3.32. The smallest absolute Gasteiger partial charge is 0.326 e. The first-order valence-electron chi connectivity index (χ1n) is 10.2. The number of H-pyrrole nitrogens is 1. The minimum atomic E-state index is -0.257. The third kappa shape index (κ3) is 3.85. The van der Waals surface area contributed by atoms with Crippen LogP contribution in [0.5, 0.6) is 0 Å². The van der Waals surface area contributed by atoms with E-state index in [-0.39, 0.29) is 23.7 Å². The number of aliphatic hydroxyl groups excluding tert-OH is 1. The van der Waals surface area contributed by atoms with Crippen LogP contribution in [0.15, 0.2) is 23.0 Å². The second-order valence-electron chi connectivity index (χ2n) is 8.14. The molecule has 1 saturated carbocycles. The summed E-state index contributed by atoms with van der Waals surface area (Å²) < 4.78 is 1.79. The molecule has 4 rings (SSSR count). The maximum atomic E-state index is 12.8. The highest BCUT2D eigenvalue weighted by Gasteiger charge is 2.24. The van der Waals surface area contributed by atoms with E-state index in [9.17, 15) is 14.7 Å². The first-order chi connectivity index (χ1) is 13.5. The Kier molecular flexibility index (Phi) is 5.52. The molecule has 28 heavy (non-hydrogen) atoms. The maximum absolute atomic E-state index is 12.8. The van der Waals surface area contributed by atoms with E-state index < -0.39 is 0 Å². The van der Waals surface area contributed by atoms with Crippen molar-refractivity contribution in [3.05, 3.63) is 34.2 Å². The van der Waals surface area contributed by atoms with Crippen LogP contribution >= 0.6 is 0 Å². The van der Waals surface area contributed by atoms with Gasteiger partial charge in [-0.05, 0) is 56.2 Å². The van der Waals surface area contributed by atoms with Crippen molar-refractivity contribution >= 4 is 16.9 Å². The van der Waals surface area contributed by atoms with Gasteiger partial charge in [-0.1, -0.05) is 0 Å². The lowest BCUT2D eigenvalue weighted by Gasteiger charge is -2.26. The highest BCUT2D eigenvalue weighted by Crippen LogP contribution is 2.30. The Morgan fingerprint density at radius 2 is 1.93 bits per heavy atom. The van der Waals surface area contributed by atoms with Crippen molar-refractivity contribution in [2.75, 3.05) is 26.7 Å². The Morgan fingerprint density at radius 3 is 2.64 bits per heavy atom. The van der Waals surface area contributed by atoms with Gasteiger partial charge >= 0.3 is 5.69 Å². The van der Waals surface area contributed by atoms with Gasteiger partial charge in [0.2, 0.25) is 0 Å². The van der Waals surface area contributed by atoms with Crippen LogP contribution in [0, 0.1) is 5.92 Å². The fraction of sp³-hybridized carbons (Fsp3) is 0.600. The van der Waals surface area contributed by atoms with E-state index in [4.69, 9.17) is 0 Å². The van der Waals surface area contributed by atoms with E-state index in [1.165, 1.54) is 0 Å². The molecule has 8 nitrogen and oxygen atoms in total. The van der Waals surface area contributed by atoms with Crippen LogP contribution in [0.3, 0.4) is 0 Å². The molecule has 0 unspecified atom stereocenters. The summed E-state index contributed by atoms with van der Waals surface area (Å²) in [4.78, 5) is 30.0. The summed E-state index contributed by atoms with van der Waals surface area (Å²) in [5, 5.41) is 9.73. The van der Waals surface area contributed by atoms with E-state index in [1.54, 1.807) is 21.6 Å². The fourth-order valence-electron chi connectivity index (χ4n) is 4.35.